The Hall–Kier alpha value is -1.63. The van der Waals surface area contributed by atoms with Crippen LogP contribution in [0, 0.1) is 0 Å². The smallest absolute Gasteiger partial charge is 0.239 e. The van der Waals surface area contributed by atoms with Crippen LogP contribution in [-0.4, -0.2) is 38.1 Å². The van der Waals surface area contributed by atoms with Crippen LogP contribution in [0.5, 0.6) is 0 Å². The fourth-order valence-electron chi connectivity index (χ4n) is 1.67. The average molecular weight is 316 g/mol. The lowest BCUT2D eigenvalue weighted by Crippen LogP contribution is -2.44. The van der Waals surface area contributed by atoms with Crippen LogP contribution >= 0.6 is 12.4 Å². The number of anilines is 1. The van der Waals surface area contributed by atoms with Crippen LogP contribution in [0.1, 0.15) is 12.5 Å². The second-order valence-corrected chi connectivity index (χ2v) is 4.48. The fraction of sp³-hybridized carbons (Fsp3) is 0.429. The summed E-state index contributed by atoms with van der Waals surface area (Å²) in [4.78, 5) is 22.4. The predicted octanol–water partition coefficient (Wildman–Crippen LogP) is 0.699. The molecule has 0 aromatic heterocycles. The molecule has 0 radical (unpaired) electrons. The molecule has 118 valence electrons. The molecule has 0 saturated heterocycles. The second-order valence-electron chi connectivity index (χ2n) is 4.48. The van der Waals surface area contributed by atoms with Gasteiger partial charge in [0, 0.05) is 26.3 Å². The first-order chi connectivity index (χ1) is 9.52. The summed E-state index contributed by atoms with van der Waals surface area (Å²) in [6.45, 7) is 2.18. The molecule has 0 heterocycles. The number of ether oxygens (including phenoxy) is 1. The molecule has 1 unspecified atom stereocenters. The van der Waals surface area contributed by atoms with Crippen molar-refractivity contribution in [3.8, 4) is 0 Å². The molecule has 0 fully saturated rings. The quantitative estimate of drug-likeness (QED) is 0.690. The number of hydrogen-bond acceptors (Lipinski definition) is 4. The standard InChI is InChI=1S/C14H21N3O3.ClH/c1-10(18)17-12-5-3-11(4-6-12)7-8-16-14(19)13(15)9-20-2;/h3-6,13H,7-9,15H2,1-2H3,(H,16,19)(H,17,18);1H. The number of hydrogen-bond donors (Lipinski definition) is 3. The second kappa shape index (κ2) is 10.1. The summed E-state index contributed by atoms with van der Waals surface area (Å²) in [5, 5.41) is 5.45. The number of halogens is 1. The zero-order valence-corrected chi connectivity index (χ0v) is 13.0. The molecule has 7 heteroatoms. The van der Waals surface area contributed by atoms with Crippen LogP contribution in [0.25, 0.3) is 0 Å². The number of carbonyl (C=O) groups is 2. The monoisotopic (exact) mass is 315 g/mol. The molecule has 0 saturated carbocycles. The fourth-order valence-corrected chi connectivity index (χ4v) is 1.67. The summed E-state index contributed by atoms with van der Waals surface area (Å²) < 4.78 is 4.81. The van der Waals surface area contributed by atoms with Crippen molar-refractivity contribution < 1.29 is 14.3 Å². The van der Waals surface area contributed by atoms with E-state index < -0.39 is 6.04 Å². The summed E-state index contributed by atoms with van der Waals surface area (Å²) >= 11 is 0. The first-order valence-corrected chi connectivity index (χ1v) is 6.41. The molecule has 21 heavy (non-hydrogen) atoms. The van der Waals surface area contributed by atoms with Crippen LogP contribution in [0.15, 0.2) is 24.3 Å². The number of rotatable bonds is 7. The third kappa shape index (κ3) is 7.65. The van der Waals surface area contributed by atoms with Gasteiger partial charge in [0.15, 0.2) is 0 Å². The topological polar surface area (TPSA) is 93.4 Å². The molecule has 1 rings (SSSR count). The Kier molecular flexibility index (Phi) is 9.36. The molecule has 1 aromatic rings. The van der Waals surface area contributed by atoms with Gasteiger partial charge in [-0.25, -0.2) is 0 Å². The first-order valence-electron chi connectivity index (χ1n) is 6.41. The van der Waals surface area contributed by atoms with Gasteiger partial charge in [0.25, 0.3) is 0 Å². The molecule has 1 atom stereocenters. The van der Waals surface area contributed by atoms with Gasteiger partial charge in [-0.1, -0.05) is 12.1 Å². The zero-order chi connectivity index (χ0) is 15.0. The Balaban J connectivity index is 0.00000400. The van der Waals surface area contributed by atoms with E-state index in [1.165, 1.54) is 14.0 Å². The maximum Gasteiger partial charge on any atom is 0.239 e. The van der Waals surface area contributed by atoms with Crippen molar-refractivity contribution in [3.05, 3.63) is 29.8 Å². The van der Waals surface area contributed by atoms with Crippen LogP contribution in [0.2, 0.25) is 0 Å². The van der Waals surface area contributed by atoms with Crippen molar-refractivity contribution in [2.24, 2.45) is 5.73 Å². The Labute approximate surface area is 130 Å². The predicted molar refractivity (Wildman–Crippen MR) is 84.6 cm³/mol. The minimum absolute atomic E-state index is 0. The van der Waals surface area contributed by atoms with Gasteiger partial charge < -0.3 is 21.1 Å². The summed E-state index contributed by atoms with van der Waals surface area (Å²) in [6, 6.07) is 6.84. The number of methoxy groups -OCH3 is 1. The van der Waals surface area contributed by atoms with Crippen LogP contribution in [0.3, 0.4) is 0 Å². The first kappa shape index (κ1) is 19.4. The third-order valence-corrected chi connectivity index (χ3v) is 2.67. The minimum atomic E-state index is -0.637. The molecule has 0 aliphatic heterocycles. The van der Waals surface area contributed by atoms with Gasteiger partial charge in [0.05, 0.1) is 6.61 Å². The van der Waals surface area contributed by atoms with Gasteiger partial charge in [-0.05, 0) is 24.1 Å². The van der Waals surface area contributed by atoms with Gasteiger partial charge in [-0.15, -0.1) is 12.4 Å². The summed E-state index contributed by atoms with van der Waals surface area (Å²) in [5.74, 6) is -0.320. The van der Waals surface area contributed by atoms with E-state index in [0.717, 1.165) is 11.3 Å². The molecule has 0 aliphatic rings. The number of nitrogens with one attached hydrogen (secondary N) is 2. The van der Waals surface area contributed by atoms with Gasteiger partial charge in [-0.2, -0.15) is 0 Å². The molecule has 1 aromatic carbocycles. The normalized spacial score (nSPS) is 11.2. The van der Waals surface area contributed by atoms with Crippen molar-refractivity contribution in [2.75, 3.05) is 25.6 Å². The number of benzene rings is 1. The maximum atomic E-state index is 11.5. The van der Waals surface area contributed by atoms with Crippen molar-refractivity contribution >= 4 is 29.9 Å². The van der Waals surface area contributed by atoms with E-state index in [1.807, 2.05) is 24.3 Å². The largest absolute Gasteiger partial charge is 0.383 e. The van der Waals surface area contributed by atoms with Crippen LogP contribution in [0.4, 0.5) is 5.69 Å². The van der Waals surface area contributed by atoms with Crippen molar-refractivity contribution in [3.63, 3.8) is 0 Å². The SMILES string of the molecule is COCC(N)C(=O)NCCc1ccc(NC(C)=O)cc1.Cl. The van der Waals surface area contributed by atoms with E-state index in [0.29, 0.717) is 13.0 Å². The summed E-state index contributed by atoms with van der Waals surface area (Å²) in [6.07, 6.45) is 0.700. The molecule has 4 N–H and O–H groups in total. The Morgan fingerprint density at radius 1 is 1.29 bits per heavy atom. The van der Waals surface area contributed by atoms with E-state index in [-0.39, 0.29) is 30.8 Å². The van der Waals surface area contributed by atoms with Gasteiger partial charge in [-0.3, -0.25) is 9.59 Å². The Morgan fingerprint density at radius 3 is 2.43 bits per heavy atom. The van der Waals surface area contributed by atoms with Crippen LogP contribution in [-0.2, 0) is 20.7 Å². The van der Waals surface area contributed by atoms with E-state index in [9.17, 15) is 9.59 Å². The van der Waals surface area contributed by atoms with Crippen LogP contribution < -0.4 is 16.4 Å². The molecule has 0 bridgehead atoms. The number of amides is 2. The van der Waals surface area contributed by atoms with E-state index in [4.69, 9.17) is 10.5 Å². The number of carbonyl (C=O) groups excluding carboxylic acids is 2. The highest BCUT2D eigenvalue weighted by Gasteiger charge is 2.11. The lowest BCUT2D eigenvalue weighted by atomic mass is 10.1. The van der Waals surface area contributed by atoms with Crippen molar-refractivity contribution in [1.29, 1.82) is 0 Å². The number of nitrogens with two attached hydrogens (primary N) is 1. The molecule has 0 spiro atoms. The van der Waals surface area contributed by atoms with E-state index >= 15 is 0 Å². The van der Waals surface area contributed by atoms with Gasteiger partial charge >= 0.3 is 0 Å². The lowest BCUT2D eigenvalue weighted by molar-refractivity contribution is -0.123. The molecule has 6 nitrogen and oxygen atoms in total. The van der Waals surface area contributed by atoms with Crippen molar-refractivity contribution in [1.82, 2.24) is 5.32 Å². The third-order valence-electron chi connectivity index (χ3n) is 2.67. The lowest BCUT2D eigenvalue weighted by Gasteiger charge is -2.11. The molecule has 0 aliphatic carbocycles. The van der Waals surface area contributed by atoms with Gasteiger partial charge in [0.1, 0.15) is 6.04 Å². The van der Waals surface area contributed by atoms with E-state index in [2.05, 4.69) is 10.6 Å². The zero-order valence-electron chi connectivity index (χ0n) is 12.2. The summed E-state index contributed by atoms with van der Waals surface area (Å²) in [7, 11) is 1.50. The molecular weight excluding hydrogens is 294 g/mol. The van der Waals surface area contributed by atoms with Crippen molar-refractivity contribution in [2.45, 2.75) is 19.4 Å². The average Bonchev–Trinajstić information content (AvgIpc) is 2.40. The van der Waals surface area contributed by atoms with E-state index in [1.54, 1.807) is 0 Å². The minimum Gasteiger partial charge on any atom is -0.383 e. The molecular formula is C14H22ClN3O3. The van der Waals surface area contributed by atoms with Gasteiger partial charge in [0.2, 0.25) is 11.8 Å². The highest BCUT2D eigenvalue weighted by molar-refractivity contribution is 5.88. The summed E-state index contributed by atoms with van der Waals surface area (Å²) in [5.41, 5.74) is 7.42. The highest BCUT2D eigenvalue weighted by Crippen LogP contribution is 2.09. The molecule has 2 amide bonds. The maximum absolute atomic E-state index is 11.5. The Morgan fingerprint density at radius 2 is 1.90 bits per heavy atom. The Bertz CT molecular complexity index is 451. The highest BCUT2D eigenvalue weighted by atomic mass is 35.5.